The first kappa shape index (κ1) is 10.4. The van der Waals surface area contributed by atoms with Crippen LogP contribution in [-0.2, 0) is 4.79 Å². The fourth-order valence-electron chi connectivity index (χ4n) is 1.07. The maximum atomic E-state index is 11.1. The van der Waals surface area contributed by atoms with Gasteiger partial charge in [0.2, 0.25) is 5.91 Å². The molecule has 70 valence electrons. The van der Waals surface area contributed by atoms with E-state index in [1.807, 2.05) is 19.1 Å². The molecule has 13 heavy (non-hydrogen) atoms. The predicted molar refractivity (Wildman–Crippen MR) is 60.7 cm³/mol. The van der Waals surface area contributed by atoms with Crippen molar-refractivity contribution in [2.24, 2.45) is 0 Å². The van der Waals surface area contributed by atoms with Gasteiger partial charge in [-0.25, -0.2) is 4.98 Å². The second kappa shape index (κ2) is 4.55. The van der Waals surface area contributed by atoms with Gasteiger partial charge in [0.05, 0.1) is 0 Å². The minimum atomic E-state index is 0.0243. The van der Waals surface area contributed by atoms with Gasteiger partial charge in [0.1, 0.15) is 5.82 Å². The molecular formula is C9H11IN2O. The molecule has 0 aliphatic heterocycles. The fourth-order valence-corrected chi connectivity index (χ4v) is 1.39. The third-order valence-corrected chi connectivity index (χ3v) is 2.32. The lowest BCUT2D eigenvalue weighted by molar-refractivity contribution is -0.116. The van der Waals surface area contributed by atoms with Gasteiger partial charge in [0.15, 0.2) is 0 Å². The summed E-state index contributed by atoms with van der Waals surface area (Å²) in [5.41, 5.74) is 0. The van der Waals surface area contributed by atoms with Crippen LogP contribution in [0.4, 0.5) is 5.82 Å². The summed E-state index contributed by atoms with van der Waals surface area (Å²) in [6, 6.07) is 3.79. The van der Waals surface area contributed by atoms with Crippen LogP contribution in [0.2, 0.25) is 0 Å². The molecule has 1 aromatic rings. The van der Waals surface area contributed by atoms with Gasteiger partial charge in [0.25, 0.3) is 0 Å². The third-order valence-electron chi connectivity index (χ3n) is 1.68. The molecule has 0 spiro atoms. The second-order valence-corrected chi connectivity index (χ2v) is 3.84. The average molecular weight is 290 g/mol. The van der Waals surface area contributed by atoms with Crippen molar-refractivity contribution >= 4 is 34.3 Å². The summed E-state index contributed by atoms with van der Waals surface area (Å²) >= 11 is 2.18. The molecule has 0 saturated heterocycles. The maximum absolute atomic E-state index is 11.1. The molecule has 1 rings (SSSR count). The molecule has 0 unspecified atom stereocenters. The highest BCUT2D eigenvalue weighted by atomic mass is 127. The first-order chi connectivity index (χ1) is 6.15. The molecule has 0 fully saturated rings. The Hall–Kier alpha value is -0.650. The standard InChI is InChI=1S/C9H11IN2O/c1-3-12(7(2)13)9-5-4-8(10)6-11-9/h4-6H,3H2,1-2H3. The lowest BCUT2D eigenvalue weighted by Crippen LogP contribution is -2.28. The van der Waals surface area contributed by atoms with Crippen molar-refractivity contribution in [1.82, 2.24) is 4.98 Å². The van der Waals surface area contributed by atoms with Crippen molar-refractivity contribution in [2.45, 2.75) is 13.8 Å². The van der Waals surface area contributed by atoms with Gasteiger partial charge >= 0.3 is 0 Å². The van der Waals surface area contributed by atoms with Gasteiger partial charge in [-0.05, 0) is 41.6 Å². The molecule has 0 bridgehead atoms. The molecule has 1 amide bonds. The molecule has 1 heterocycles. The highest BCUT2D eigenvalue weighted by molar-refractivity contribution is 14.1. The molecule has 0 aliphatic carbocycles. The number of hydrogen-bond donors (Lipinski definition) is 0. The van der Waals surface area contributed by atoms with Crippen LogP contribution in [0.1, 0.15) is 13.8 Å². The van der Waals surface area contributed by atoms with E-state index in [0.29, 0.717) is 6.54 Å². The van der Waals surface area contributed by atoms with E-state index in [4.69, 9.17) is 0 Å². The van der Waals surface area contributed by atoms with Gasteiger partial charge in [-0.1, -0.05) is 0 Å². The lowest BCUT2D eigenvalue weighted by atomic mass is 10.4. The van der Waals surface area contributed by atoms with Crippen LogP contribution >= 0.6 is 22.6 Å². The van der Waals surface area contributed by atoms with Crippen LogP contribution in [0.3, 0.4) is 0 Å². The second-order valence-electron chi connectivity index (χ2n) is 2.60. The van der Waals surface area contributed by atoms with Crippen molar-refractivity contribution < 1.29 is 4.79 Å². The molecule has 0 atom stereocenters. The average Bonchev–Trinajstić information content (AvgIpc) is 2.09. The summed E-state index contributed by atoms with van der Waals surface area (Å²) in [6.07, 6.45) is 1.75. The van der Waals surface area contributed by atoms with E-state index in [2.05, 4.69) is 27.6 Å². The molecule has 1 aromatic heterocycles. The zero-order valence-electron chi connectivity index (χ0n) is 7.62. The number of aromatic nitrogens is 1. The van der Waals surface area contributed by atoms with Crippen molar-refractivity contribution in [3.63, 3.8) is 0 Å². The predicted octanol–water partition coefficient (Wildman–Crippen LogP) is 2.06. The van der Waals surface area contributed by atoms with Gasteiger partial charge in [-0.2, -0.15) is 0 Å². The Morgan fingerprint density at radius 3 is 2.69 bits per heavy atom. The number of carbonyl (C=O) groups excluding carboxylic acids is 1. The minimum Gasteiger partial charge on any atom is -0.297 e. The normalized spacial score (nSPS) is 9.77. The number of halogens is 1. The SMILES string of the molecule is CCN(C(C)=O)c1ccc(I)cn1. The van der Waals surface area contributed by atoms with Crippen molar-refractivity contribution in [1.29, 1.82) is 0 Å². The Bertz CT molecular complexity index is 297. The number of amides is 1. The first-order valence-electron chi connectivity index (χ1n) is 4.04. The topological polar surface area (TPSA) is 33.2 Å². The van der Waals surface area contributed by atoms with Gasteiger partial charge in [0, 0.05) is 23.2 Å². The summed E-state index contributed by atoms with van der Waals surface area (Å²) in [5.74, 6) is 0.742. The van der Waals surface area contributed by atoms with Crippen molar-refractivity contribution in [2.75, 3.05) is 11.4 Å². The smallest absolute Gasteiger partial charge is 0.225 e. The summed E-state index contributed by atoms with van der Waals surface area (Å²) in [7, 11) is 0. The summed E-state index contributed by atoms with van der Waals surface area (Å²) in [4.78, 5) is 16.9. The van der Waals surface area contributed by atoms with Crippen molar-refractivity contribution in [3.05, 3.63) is 21.9 Å². The monoisotopic (exact) mass is 290 g/mol. The van der Waals surface area contributed by atoms with Crippen LogP contribution < -0.4 is 4.90 Å². The van der Waals surface area contributed by atoms with E-state index in [1.165, 1.54) is 0 Å². The van der Waals surface area contributed by atoms with E-state index >= 15 is 0 Å². The summed E-state index contributed by atoms with van der Waals surface area (Å²) in [6.45, 7) is 4.13. The van der Waals surface area contributed by atoms with E-state index in [9.17, 15) is 4.79 Å². The van der Waals surface area contributed by atoms with Crippen LogP contribution in [0.5, 0.6) is 0 Å². The molecule has 3 nitrogen and oxygen atoms in total. The van der Waals surface area contributed by atoms with E-state index in [0.717, 1.165) is 9.39 Å². The lowest BCUT2D eigenvalue weighted by Gasteiger charge is -2.17. The number of hydrogen-bond acceptors (Lipinski definition) is 2. The highest BCUT2D eigenvalue weighted by Gasteiger charge is 2.08. The van der Waals surface area contributed by atoms with Crippen LogP contribution in [0.15, 0.2) is 18.3 Å². The van der Waals surface area contributed by atoms with Crippen LogP contribution in [0, 0.1) is 3.57 Å². The largest absolute Gasteiger partial charge is 0.297 e. The van der Waals surface area contributed by atoms with Crippen molar-refractivity contribution in [3.8, 4) is 0 Å². The van der Waals surface area contributed by atoms with Gasteiger partial charge < -0.3 is 0 Å². The van der Waals surface area contributed by atoms with Gasteiger partial charge in [-0.15, -0.1) is 0 Å². The zero-order chi connectivity index (χ0) is 9.84. The Morgan fingerprint density at radius 2 is 2.31 bits per heavy atom. The number of rotatable bonds is 2. The Balaban J connectivity index is 2.92. The quantitative estimate of drug-likeness (QED) is 0.781. The molecular weight excluding hydrogens is 279 g/mol. The molecule has 4 heteroatoms. The third kappa shape index (κ3) is 2.65. The molecule has 0 saturated carbocycles. The zero-order valence-corrected chi connectivity index (χ0v) is 9.78. The van der Waals surface area contributed by atoms with Crippen LogP contribution in [-0.4, -0.2) is 17.4 Å². The maximum Gasteiger partial charge on any atom is 0.225 e. The Morgan fingerprint density at radius 1 is 1.62 bits per heavy atom. The number of nitrogens with zero attached hydrogens (tertiary/aromatic N) is 2. The fraction of sp³-hybridized carbons (Fsp3) is 0.333. The number of carbonyl (C=O) groups is 1. The molecule has 0 radical (unpaired) electrons. The Labute approximate surface area is 91.3 Å². The van der Waals surface area contributed by atoms with E-state index in [-0.39, 0.29) is 5.91 Å². The molecule has 0 aromatic carbocycles. The Kier molecular flexibility index (Phi) is 3.65. The summed E-state index contributed by atoms with van der Waals surface area (Å²) in [5, 5.41) is 0. The molecule has 0 aliphatic rings. The van der Waals surface area contributed by atoms with E-state index in [1.54, 1.807) is 18.0 Å². The minimum absolute atomic E-state index is 0.0243. The molecule has 0 N–H and O–H groups in total. The van der Waals surface area contributed by atoms with E-state index < -0.39 is 0 Å². The van der Waals surface area contributed by atoms with Gasteiger partial charge in [-0.3, -0.25) is 9.69 Å². The number of pyridine rings is 1. The highest BCUT2D eigenvalue weighted by Crippen LogP contribution is 2.12. The first-order valence-corrected chi connectivity index (χ1v) is 5.12. The summed E-state index contributed by atoms with van der Waals surface area (Å²) < 4.78 is 1.07. The number of anilines is 1. The van der Waals surface area contributed by atoms with Crippen LogP contribution in [0.25, 0.3) is 0 Å².